The van der Waals surface area contributed by atoms with E-state index in [2.05, 4.69) is 24.2 Å². The molecule has 1 amide bonds. The molecule has 0 bridgehead atoms. The fourth-order valence-corrected chi connectivity index (χ4v) is 3.70. The van der Waals surface area contributed by atoms with Crippen LogP contribution in [0.1, 0.15) is 37.0 Å². The van der Waals surface area contributed by atoms with Gasteiger partial charge in [-0.05, 0) is 30.2 Å². The number of thioether (sulfide) groups is 1. The standard InChI is InChI=1S/C15H21N3OS/c1-3-10(4-2)13-9-17-15(20-13)18-12-7-5-11(6-8-12)14(16)19/h5-8,10,13H,3-4,9H2,1-2H3,(H2,16,19)(H,17,18). The minimum absolute atomic E-state index is 0.405. The van der Waals surface area contributed by atoms with Gasteiger partial charge in [0.15, 0.2) is 5.17 Å². The number of benzene rings is 1. The minimum Gasteiger partial charge on any atom is -0.366 e. The molecule has 4 nitrogen and oxygen atoms in total. The van der Waals surface area contributed by atoms with Crippen molar-refractivity contribution in [2.45, 2.75) is 31.9 Å². The van der Waals surface area contributed by atoms with Crippen LogP contribution >= 0.6 is 11.8 Å². The van der Waals surface area contributed by atoms with Crippen molar-refractivity contribution in [2.75, 3.05) is 11.9 Å². The number of nitrogens with two attached hydrogens (primary N) is 1. The van der Waals surface area contributed by atoms with E-state index < -0.39 is 5.91 Å². The summed E-state index contributed by atoms with van der Waals surface area (Å²) in [5, 5.41) is 4.85. The van der Waals surface area contributed by atoms with Gasteiger partial charge in [0.25, 0.3) is 0 Å². The lowest BCUT2D eigenvalue weighted by molar-refractivity contribution is 0.100. The van der Waals surface area contributed by atoms with E-state index in [1.54, 1.807) is 12.1 Å². The Morgan fingerprint density at radius 1 is 1.40 bits per heavy atom. The molecule has 0 saturated carbocycles. The first-order chi connectivity index (χ1) is 9.63. The number of amidine groups is 1. The van der Waals surface area contributed by atoms with Gasteiger partial charge in [-0.3, -0.25) is 9.79 Å². The molecule has 3 N–H and O–H groups in total. The number of hydrogen-bond donors (Lipinski definition) is 2. The van der Waals surface area contributed by atoms with E-state index >= 15 is 0 Å². The molecule has 1 atom stereocenters. The molecule has 0 radical (unpaired) electrons. The summed E-state index contributed by atoms with van der Waals surface area (Å²) < 4.78 is 0. The third-order valence-electron chi connectivity index (χ3n) is 3.67. The van der Waals surface area contributed by atoms with Crippen LogP contribution in [0.3, 0.4) is 0 Å². The largest absolute Gasteiger partial charge is 0.366 e. The summed E-state index contributed by atoms with van der Waals surface area (Å²) in [6, 6.07) is 7.16. The van der Waals surface area contributed by atoms with Crippen LogP contribution in [0, 0.1) is 5.92 Å². The van der Waals surface area contributed by atoms with Gasteiger partial charge >= 0.3 is 0 Å². The van der Waals surface area contributed by atoms with Gasteiger partial charge in [0, 0.05) is 16.5 Å². The van der Waals surface area contributed by atoms with E-state index in [1.807, 2.05) is 23.9 Å². The molecule has 1 aliphatic heterocycles. The van der Waals surface area contributed by atoms with Gasteiger partial charge in [0.2, 0.25) is 5.91 Å². The second kappa shape index (κ2) is 6.79. The van der Waals surface area contributed by atoms with Gasteiger partial charge in [-0.2, -0.15) is 0 Å². The van der Waals surface area contributed by atoms with Crippen LogP contribution in [0.2, 0.25) is 0 Å². The lowest BCUT2D eigenvalue weighted by Crippen LogP contribution is -2.17. The van der Waals surface area contributed by atoms with E-state index in [1.165, 1.54) is 12.8 Å². The Bertz CT molecular complexity index is 494. The number of nitrogens with zero attached hydrogens (tertiary/aromatic N) is 1. The Labute approximate surface area is 124 Å². The van der Waals surface area contributed by atoms with Gasteiger partial charge in [-0.1, -0.05) is 38.5 Å². The lowest BCUT2D eigenvalue weighted by Gasteiger charge is -2.18. The SMILES string of the molecule is CCC(CC)C1CN=C(Nc2ccc(C(N)=O)cc2)S1. The second-order valence-electron chi connectivity index (χ2n) is 4.95. The molecule has 1 aromatic rings. The van der Waals surface area contributed by atoms with Crippen LogP contribution < -0.4 is 11.1 Å². The molecule has 1 aromatic carbocycles. The van der Waals surface area contributed by atoms with Gasteiger partial charge in [0.1, 0.15) is 0 Å². The number of nitrogens with one attached hydrogen (secondary N) is 1. The molecule has 1 heterocycles. The highest BCUT2D eigenvalue weighted by Crippen LogP contribution is 2.31. The van der Waals surface area contributed by atoms with Crippen molar-refractivity contribution in [1.29, 1.82) is 0 Å². The summed E-state index contributed by atoms with van der Waals surface area (Å²) in [6.45, 7) is 5.37. The Kier molecular flexibility index (Phi) is 5.06. The summed E-state index contributed by atoms with van der Waals surface area (Å²) in [4.78, 5) is 15.6. The number of carbonyl (C=O) groups is 1. The van der Waals surface area contributed by atoms with Crippen molar-refractivity contribution in [3.63, 3.8) is 0 Å². The molecule has 1 unspecified atom stereocenters. The Morgan fingerprint density at radius 3 is 2.60 bits per heavy atom. The molecular weight excluding hydrogens is 270 g/mol. The van der Waals surface area contributed by atoms with Crippen molar-refractivity contribution in [1.82, 2.24) is 0 Å². The topological polar surface area (TPSA) is 67.5 Å². The van der Waals surface area contributed by atoms with Crippen LogP contribution in [-0.4, -0.2) is 22.9 Å². The zero-order valence-corrected chi connectivity index (χ0v) is 12.7. The number of carbonyl (C=O) groups excluding carboxylic acids is 1. The van der Waals surface area contributed by atoms with E-state index in [0.29, 0.717) is 10.8 Å². The number of anilines is 1. The normalized spacial score (nSPS) is 18.1. The lowest BCUT2D eigenvalue weighted by atomic mass is 9.99. The zero-order chi connectivity index (χ0) is 14.5. The fourth-order valence-electron chi connectivity index (χ4n) is 2.36. The van der Waals surface area contributed by atoms with E-state index in [4.69, 9.17) is 5.73 Å². The number of rotatable bonds is 5. The van der Waals surface area contributed by atoms with Crippen LogP contribution in [0.5, 0.6) is 0 Å². The first-order valence-electron chi connectivity index (χ1n) is 7.02. The second-order valence-corrected chi connectivity index (χ2v) is 6.17. The number of amides is 1. The van der Waals surface area contributed by atoms with E-state index in [9.17, 15) is 4.79 Å². The van der Waals surface area contributed by atoms with Crippen molar-refractivity contribution >= 4 is 28.5 Å². The zero-order valence-electron chi connectivity index (χ0n) is 11.9. The van der Waals surface area contributed by atoms with Crippen molar-refractivity contribution in [3.8, 4) is 0 Å². The summed E-state index contributed by atoms with van der Waals surface area (Å²) >= 11 is 1.82. The predicted octanol–water partition coefficient (Wildman–Crippen LogP) is 3.11. The molecule has 0 saturated heterocycles. The van der Waals surface area contributed by atoms with Gasteiger partial charge in [0.05, 0.1) is 6.54 Å². The fraction of sp³-hybridized carbons (Fsp3) is 0.467. The Balaban J connectivity index is 1.93. The van der Waals surface area contributed by atoms with Gasteiger partial charge < -0.3 is 11.1 Å². The molecule has 108 valence electrons. The quantitative estimate of drug-likeness (QED) is 0.876. The monoisotopic (exact) mass is 291 g/mol. The van der Waals surface area contributed by atoms with Crippen LogP contribution in [0.4, 0.5) is 5.69 Å². The van der Waals surface area contributed by atoms with Crippen LogP contribution in [-0.2, 0) is 0 Å². The number of hydrogen-bond acceptors (Lipinski definition) is 4. The molecule has 0 fully saturated rings. The smallest absolute Gasteiger partial charge is 0.248 e. The summed E-state index contributed by atoms with van der Waals surface area (Å²) in [6.07, 6.45) is 2.40. The molecule has 0 aliphatic carbocycles. The first kappa shape index (κ1) is 14.9. The Hall–Kier alpha value is -1.49. The molecule has 20 heavy (non-hydrogen) atoms. The maximum absolute atomic E-state index is 11.0. The highest BCUT2D eigenvalue weighted by molar-refractivity contribution is 8.15. The summed E-state index contributed by atoms with van der Waals surface area (Å²) in [5.74, 6) is 0.318. The van der Waals surface area contributed by atoms with Crippen molar-refractivity contribution in [3.05, 3.63) is 29.8 Å². The molecular formula is C15H21N3OS. The molecule has 5 heteroatoms. The summed E-state index contributed by atoms with van der Waals surface area (Å²) in [5.41, 5.74) is 6.68. The van der Waals surface area contributed by atoms with Crippen molar-refractivity contribution in [2.24, 2.45) is 16.6 Å². The highest BCUT2D eigenvalue weighted by Gasteiger charge is 2.25. The first-order valence-corrected chi connectivity index (χ1v) is 7.90. The van der Waals surface area contributed by atoms with E-state index in [-0.39, 0.29) is 0 Å². The van der Waals surface area contributed by atoms with Crippen molar-refractivity contribution < 1.29 is 4.79 Å². The van der Waals surface area contributed by atoms with Gasteiger partial charge in [-0.25, -0.2) is 0 Å². The number of aliphatic imine (C=N–C) groups is 1. The minimum atomic E-state index is -0.405. The van der Waals surface area contributed by atoms with E-state index in [0.717, 1.165) is 23.3 Å². The van der Waals surface area contributed by atoms with Gasteiger partial charge in [-0.15, -0.1) is 0 Å². The highest BCUT2D eigenvalue weighted by atomic mass is 32.2. The average molecular weight is 291 g/mol. The molecule has 2 rings (SSSR count). The average Bonchev–Trinajstić information content (AvgIpc) is 2.89. The Morgan fingerprint density at radius 2 is 2.05 bits per heavy atom. The maximum Gasteiger partial charge on any atom is 0.248 e. The number of primary amides is 1. The molecule has 0 spiro atoms. The maximum atomic E-state index is 11.0. The predicted molar refractivity (Wildman–Crippen MR) is 86.3 cm³/mol. The third-order valence-corrected chi connectivity index (χ3v) is 4.96. The van der Waals surface area contributed by atoms with Crippen LogP contribution in [0.25, 0.3) is 0 Å². The molecule has 1 aliphatic rings. The third kappa shape index (κ3) is 3.54. The van der Waals surface area contributed by atoms with Crippen LogP contribution in [0.15, 0.2) is 29.3 Å². The summed E-state index contributed by atoms with van der Waals surface area (Å²) in [7, 11) is 0. The molecule has 0 aromatic heterocycles.